The summed E-state index contributed by atoms with van der Waals surface area (Å²) in [7, 11) is 0. The van der Waals surface area contributed by atoms with Crippen LogP contribution < -0.4 is 15.5 Å². The summed E-state index contributed by atoms with van der Waals surface area (Å²) < 4.78 is 0. The molecule has 1 aromatic heterocycles. The van der Waals surface area contributed by atoms with Crippen LogP contribution in [-0.4, -0.2) is 37.1 Å². The average Bonchev–Trinajstić information content (AvgIpc) is 3.07. The van der Waals surface area contributed by atoms with Gasteiger partial charge in [-0.25, -0.2) is 9.98 Å². The second kappa shape index (κ2) is 9.38. The lowest BCUT2D eigenvalue weighted by atomic mass is 10.1. The molecule has 2 heterocycles. The smallest absolute Gasteiger partial charge is 0.191 e. The molecule has 1 aliphatic heterocycles. The average molecular weight is 317 g/mol. The molecule has 1 fully saturated rings. The first kappa shape index (κ1) is 17.6. The van der Waals surface area contributed by atoms with Gasteiger partial charge in [-0.05, 0) is 43.7 Å². The molecular formula is C18H31N5. The molecule has 0 radical (unpaired) electrons. The van der Waals surface area contributed by atoms with Crippen LogP contribution in [0.3, 0.4) is 0 Å². The van der Waals surface area contributed by atoms with Gasteiger partial charge in [0.2, 0.25) is 0 Å². The third-order valence-corrected chi connectivity index (χ3v) is 4.02. The molecule has 1 saturated heterocycles. The number of aromatic nitrogens is 1. The lowest BCUT2D eigenvalue weighted by Gasteiger charge is -2.16. The molecule has 1 aliphatic rings. The molecule has 2 N–H and O–H groups in total. The SMILES string of the molecule is CCNC(=NCc1ccc(N2CCCC2)nc1)NCCC(C)C. The predicted molar refractivity (Wildman–Crippen MR) is 98.0 cm³/mol. The van der Waals surface area contributed by atoms with Crippen molar-refractivity contribution >= 4 is 11.8 Å². The van der Waals surface area contributed by atoms with Crippen molar-refractivity contribution in [1.29, 1.82) is 0 Å². The Balaban J connectivity index is 1.87. The van der Waals surface area contributed by atoms with Crippen molar-refractivity contribution in [3.8, 4) is 0 Å². The lowest BCUT2D eigenvalue weighted by molar-refractivity contribution is 0.573. The second-order valence-corrected chi connectivity index (χ2v) is 6.52. The number of nitrogens with zero attached hydrogens (tertiary/aromatic N) is 3. The molecule has 0 saturated carbocycles. The molecule has 23 heavy (non-hydrogen) atoms. The van der Waals surface area contributed by atoms with Crippen LogP contribution in [-0.2, 0) is 6.54 Å². The van der Waals surface area contributed by atoms with Crippen molar-refractivity contribution in [3.63, 3.8) is 0 Å². The first-order valence-electron chi connectivity index (χ1n) is 8.91. The standard InChI is InChI=1S/C18H31N5/c1-4-19-18(20-10-9-15(2)3)22-14-16-7-8-17(21-13-16)23-11-5-6-12-23/h7-8,13,15H,4-6,9-12,14H2,1-3H3,(H2,19,20,22). The molecule has 2 rings (SSSR count). The van der Waals surface area contributed by atoms with Crippen LogP contribution in [0.15, 0.2) is 23.3 Å². The Morgan fingerprint density at radius 2 is 2.04 bits per heavy atom. The van der Waals surface area contributed by atoms with Gasteiger partial charge in [-0.1, -0.05) is 19.9 Å². The molecule has 0 aromatic carbocycles. The first-order chi connectivity index (χ1) is 11.2. The number of guanidine groups is 1. The normalized spacial score (nSPS) is 15.3. The summed E-state index contributed by atoms with van der Waals surface area (Å²) in [5.74, 6) is 2.68. The van der Waals surface area contributed by atoms with E-state index in [-0.39, 0.29) is 0 Å². The fraction of sp³-hybridized carbons (Fsp3) is 0.667. The largest absolute Gasteiger partial charge is 0.357 e. The second-order valence-electron chi connectivity index (χ2n) is 6.52. The number of anilines is 1. The Morgan fingerprint density at radius 1 is 1.26 bits per heavy atom. The van der Waals surface area contributed by atoms with Crippen molar-refractivity contribution in [2.24, 2.45) is 10.9 Å². The van der Waals surface area contributed by atoms with Gasteiger partial charge in [0.05, 0.1) is 6.54 Å². The van der Waals surface area contributed by atoms with Crippen LogP contribution in [0.2, 0.25) is 0 Å². The monoisotopic (exact) mass is 317 g/mol. The van der Waals surface area contributed by atoms with Crippen molar-refractivity contribution in [3.05, 3.63) is 23.9 Å². The van der Waals surface area contributed by atoms with E-state index in [9.17, 15) is 0 Å². The zero-order chi connectivity index (χ0) is 16.5. The fourth-order valence-corrected chi connectivity index (χ4v) is 2.63. The minimum atomic E-state index is 0.657. The van der Waals surface area contributed by atoms with Crippen LogP contribution >= 0.6 is 0 Å². The molecule has 0 unspecified atom stereocenters. The van der Waals surface area contributed by atoms with Gasteiger partial charge >= 0.3 is 0 Å². The van der Waals surface area contributed by atoms with Crippen LogP contribution in [0.25, 0.3) is 0 Å². The molecule has 0 atom stereocenters. The summed E-state index contributed by atoms with van der Waals surface area (Å²) in [6.07, 6.45) is 5.66. The van der Waals surface area contributed by atoms with Gasteiger partial charge in [0.25, 0.3) is 0 Å². The zero-order valence-corrected chi connectivity index (χ0v) is 14.8. The van der Waals surface area contributed by atoms with Gasteiger partial charge in [-0.15, -0.1) is 0 Å². The maximum absolute atomic E-state index is 4.65. The maximum Gasteiger partial charge on any atom is 0.191 e. The van der Waals surface area contributed by atoms with Gasteiger partial charge in [0, 0.05) is 32.4 Å². The number of pyridine rings is 1. The van der Waals surface area contributed by atoms with Crippen LogP contribution in [0, 0.1) is 5.92 Å². The number of aliphatic imine (C=N–C) groups is 1. The van der Waals surface area contributed by atoms with E-state index >= 15 is 0 Å². The molecule has 5 nitrogen and oxygen atoms in total. The zero-order valence-electron chi connectivity index (χ0n) is 14.8. The Morgan fingerprint density at radius 3 is 2.65 bits per heavy atom. The summed E-state index contributed by atoms with van der Waals surface area (Å²) in [6.45, 7) is 11.3. The molecule has 0 amide bonds. The summed E-state index contributed by atoms with van der Waals surface area (Å²) >= 11 is 0. The molecule has 1 aromatic rings. The molecule has 0 bridgehead atoms. The number of hydrogen-bond acceptors (Lipinski definition) is 3. The molecule has 5 heteroatoms. The highest BCUT2D eigenvalue weighted by Gasteiger charge is 2.12. The first-order valence-corrected chi connectivity index (χ1v) is 8.91. The van der Waals surface area contributed by atoms with Crippen molar-refractivity contribution in [1.82, 2.24) is 15.6 Å². The Hall–Kier alpha value is -1.78. The van der Waals surface area contributed by atoms with Gasteiger partial charge in [0.1, 0.15) is 5.82 Å². The van der Waals surface area contributed by atoms with Gasteiger partial charge < -0.3 is 15.5 Å². The van der Waals surface area contributed by atoms with Crippen LogP contribution in [0.1, 0.15) is 45.6 Å². The minimum absolute atomic E-state index is 0.657. The van der Waals surface area contributed by atoms with E-state index in [2.05, 4.69) is 58.4 Å². The highest BCUT2D eigenvalue weighted by Crippen LogP contribution is 2.17. The molecular weight excluding hydrogens is 286 g/mol. The molecule has 0 aliphatic carbocycles. The highest BCUT2D eigenvalue weighted by molar-refractivity contribution is 5.79. The van der Waals surface area contributed by atoms with E-state index in [1.54, 1.807) is 0 Å². The van der Waals surface area contributed by atoms with Gasteiger partial charge in [-0.3, -0.25) is 0 Å². The molecule has 0 spiro atoms. The summed E-state index contributed by atoms with van der Waals surface area (Å²) in [6, 6.07) is 4.26. The lowest BCUT2D eigenvalue weighted by Crippen LogP contribution is -2.38. The summed E-state index contributed by atoms with van der Waals surface area (Å²) in [5.41, 5.74) is 1.15. The number of nitrogens with one attached hydrogen (secondary N) is 2. The van der Waals surface area contributed by atoms with Crippen molar-refractivity contribution < 1.29 is 0 Å². The highest BCUT2D eigenvalue weighted by atomic mass is 15.2. The third kappa shape index (κ3) is 6.08. The topological polar surface area (TPSA) is 52.6 Å². The van der Waals surface area contributed by atoms with Crippen LogP contribution in [0.5, 0.6) is 0 Å². The summed E-state index contributed by atoms with van der Waals surface area (Å²) in [5, 5.41) is 6.68. The minimum Gasteiger partial charge on any atom is -0.357 e. The maximum atomic E-state index is 4.65. The predicted octanol–water partition coefficient (Wildman–Crippen LogP) is 2.78. The van der Waals surface area contributed by atoms with Gasteiger partial charge in [0.15, 0.2) is 5.96 Å². The number of hydrogen-bond donors (Lipinski definition) is 2. The molecule has 128 valence electrons. The van der Waals surface area contributed by atoms with Crippen molar-refractivity contribution in [2.75, 3.05) is 31.1 Å². The van der Waals surface area contributed by atoms with E-state index in [1.165, 1.54) is 12.8 Å². The Labute approximate surface area is 140 Å². The van der Waals surface area contributed by atoms with E-state index in [0.717, 1.165) is 49.9 Å². The Kier molecular flexibility index (Phi) is 7.17. The van der Waals surface area contributed by atoms with Gasteiger partial charge in [-0.2, -0.15) is 0 Å². The van der Waals surface area contributed by atoms with Crippen molar-refractivity contribution in [2.45, 2.75) is 46.6 Å². The van der Waals surface area contributed by atoms with E-state index in [1.807, 2.05) is 6.20 Å². The van der Waals surface area contributed by atoms with E-state index in [4.69, 9.17) is 0 Å². The Bertz CT molecular complexity index is 475. The van der Waals surface area contributed by atoms with E-state index in [0.29, 0.717) is 12.5 Å². The summed E-state index contributed by atoms with van der Waals surface area (Å²) in [4.78, 5) is 11.6. The quantitative estimate of drug-likeness (QED) is 0.600. The third-order valence-electron chi connectivity index (χ3n) is 4.02. The fourth-order valence-electron chi connectivity index (χ4n) is 2.63. The van der Waals surface area contributed by atoms with Crippen LogP contribution in [0.4, 0.5) is 5.82 Å². The number of rotatable bonds is 7. The van der Waals surface area contributed by atoms with E-state index < -0.39 is 0 Å².